The van der Waals surface area contributed by atoms with Crippen molar-refractivity contribution in [2.24, 2.45) is 0 Å². The predicted octanol–water partition coefficient (Wildman–Crippen LogP) is 1.09. The molecule has 1 aromatic carbocycles. The van der Waals surface area contributed by atoms with E-state index in [1.165, 1.54) is 36.0 Å². The van der Waals surface area contributed by atoms with Crippen LogP contribution < -0.4 is 10.2 Å². The zero-order valence-electron chi connectivity index (χ0n) is 14.9. The Bertz CT molecular complexity index is 892. The van der Waals surface area contributed by atoms with E-state index in [0.717, 1.165) is 4.31 Å². The van der Waals surface area contributed by atoms with Gasteiger partial charge in [0.25, 0.3) is 5.91 Å². The zero-order valence-corrected chi connectivity index (χ0v) is 16.6. The summed E-state index contributed by atoms with van der Waals surface area (Å²) in [4.78, 5) is 12.2. The van der Waals surface area contributed by atoms with Crippen LogP contribution in [0.1, 0.15) is 13.8 Å². The lowest BCUT2D eigenvalue weighted by Crippen LogP contribution is -2.61. The standard InChI is InChI=1S/C18H20N2O5S2/c1-4-5-6-12-25-14-7-9-15(10-8-14)27(23,24)20-11-13-26-18(2,3)16(20)17(21)19-22/h1,7-10,16,22H,11-13H2,2-3H3,(H,19,21). The highest BCUT2D eigenvalue weighted by Gasteiger charge is 2.48. The Morgan fingerprint density at radius 1 is 1.44 bits per heavy atom. The molecule has 0 aromatic heterocycles. The molecule has 1 saturated heterocycles. The number of nitrogens with zero attached hydrogens (tertiary/aromatic N) is 1. The van der Waals surface area contributed by atoms with Gasteiger partial charge in [-0.15, -0.1) is 6.42 Å². The van der Waals surface area contributed by atoms with Crippen molar-refractivity contribution in [2.45, 2.75) is 29.5 Å². The van der Waals surface area contributed by atoms with Gasteiger partial charge in [-0.25, -0.2) is 13.9 Å². The van der Waals surface area contributed by atoms with Gasteiger partial charge in [-0.2, -0.15) is 16.1 Å². The molecule has 7 nitrogen and oxygen atoms in total. The first-order valence-electron chi connectivity index (χ1n) is 8.00. The number of terminal acetylenes is 1. The largest absolute Gasteiger partial charge is 0.481 e. The molecule has 1 fully saturated rings. The van der Waals surface area contributed by atoms with E-state index >= 15 is 0 Å². The van der Waals surface area contributed by atoms with Crippen LogP contribution in [0.4, 0.5) is 0 Å². The Balaban J connectivity index is 2.28. The second kappa shape index (κ2) is 8.68. The predicted molar refractivity (Wildman–Crippen MR) is 103 cm³/mol. The Morgan fingerprint density at radius 3 is 2.70 bits per heavy atom. The van der Waals surface area contributed by atoms with Gasteiger partial charge in [-0.05, 0) is 55.9 Å². The van der Waals surface area contributed by atoms with Crippen molar-refractivity contribution in [1.82, 2.24) is 9.79 Å². The van der Waals surface area contributed by atoms with Gasteiger partial charge in [-0.3, -0.25) is 10.0 Å². The lowest BCUT2D eigenvalue weighted by molar-refractivity contribution is -0.134. The molecule has 1 aliphatic heterocycles. The number of hydrogen-bond acceptors (Lipinski definition) is 6. The van der Waals surface area contributed by atoms with Gasteiger partial charge in [0.15, 0.2) is 0 Å². The summed E-state index contributed by atoms with van der Waals surface area (Å²) >= 11 is 1.48. The van der Waals surface area contributed by atoms with Crippen LogP contribution in [-0.4, -0.2) is 53.5 Å². The number of hydroxylamine groups is 1. The zero-order chi connectivity index (χ0) is 20.1. The molecule has 1 heterocycles. The fourth-order valence-electron chi connectivity index (χ4n) is 2.77. The minimum atomic E-state index is -3.95. The second-order valence-corrected chi connectivity index (χ2v) is 9.79. The minimum absolute atomic E-state index is 0.0306. The summed E-state index contributed by atoms with van der Waals surface area (Å²) in [6.45, 7) is 3.79. The van der Waals surface area contributed by atoms with Crippen molar-refractivity contribution >= 4 is 27.7 Å². The highest BCUT2D eigenvalue weighted by Crippen LogP contribution is 2.38. The van der Waals surface area contributed by atoms with Gasteiger partial charge in [0.2, 0.25) is 10.0 Å². The molecule has 9 heteroatoms. The van der Waals surface area contributed by atoms with Crippen LogP contribution in [-0.2, 0) is 14.8 Å². The maximum Gasteiger partial charge on any atom is 0.263 e. The summed E-state index contributed by atoms with van der Waals surface area (Å²) in [5, 5.41) is 9.06. The Hall–Kier alpha value is -2.17. The van der Waals surface area contributed by atoms with Crippen molar-refractivity contribution in [2.75, 3.05) is 18.9 Å². The molecule has 1 unspecified atom stereocenters. The molecule has 144 valence electrons. The van der Waals surface area contributed by atoms with Crippen LogP contribution in [0.25, 0.3) is 0 Å². The fourth-order valence-corrected chi connectivity index (χ4v) is 5.88. The summed E-state index contributed by atoms with van der Waals surface area (Å²) < 4.78 is 32.0. The molecule has 0 saturated carbocycles. The molecular weight excluding hydrogens is 388 g/mol. The van der Waals surface area contributed by atoms with E-state index < -0.39 is 26.7 Å². The van der Waals surface area contributed by atoms with Crippen molar-refractivity contribution in [3.63, 3.8) is 0 Å². The maximum atomic E-state index is 13.1. The fraction of sp³-hybridized carbons (Fsp3) is 0.389. The minimum Gasteiger partial charge on any atom is -0.481 e. The third-order valence-electron chi connectivity index (χ3n) is 3.99. The van der Waals surface area contributed by atoms with Gasteiger partial charge < -0.3 is 4.74 Å². The summed E-state index contributed by atoms with van der Waals surface area (Å²) in [6, 6.07) is 4.79. The number of rotatable bonds is 5. The third kappa shape index (κ3) is 4.76. The van der Waals surface area contributed by atoms with Gasteiger partial charge in [0.05, 0.1) is 4.90 Å². The summed E-state index contributed by atoms with van der Waals surface area (Å²) in [5.74, 6) is 7.41. The lowest BCUT2D eigenvalue weighted by Gasteiger charge is -2.43. The number of carbonyl (C=O) groups is 1. The van der Waals surface area contributed by atoms with Crippen LogP contribution in [0.2, 0.25) is 0 Å². The Kier molecular flexibility index (Phi) is 6.79. The number of hydrogen-bond donors (Lipinski definition) is 2. The molecule has 1 aromatic rings. The van der Waals surface area contributed by atoms with Crippen molar-refractivity contribution in [3.8, 4) is 29.9 Å². The average Bonchev–Trinajstić information content (AvgIpc) is 2.64. The molecule has 1 atom stereocenters. The number of ether oxygens (including phenoxy) is 1. The molecule has 0 aliphatic carbocycles. The van der Waals surface area contributed by atoms with Crippen LogP contribution in [0.5, 0.6) is 5.75 Å². The Labute approximate surface area is 163 Å². The average molecular weight is 409 g/mol. The van der Waals surface area contributed by atoms with Crippen molar-refractivity contribution < 1.29 is 23.2 Å². The smallest absolute Gasteiger partial charge is 0.263 e. The van der Waals surface area contributed by atoms with Gasteiger partial charge in [0.1, 0.15) is 18.4 Å². The number of benzene rings is 1. The van der Waals surface area contributed by atoms with Crippen LogP contribution in [0.3, 0.4) is 0 Å². The molecule has 0 bridgehead atoms. The first-order chi connectivity index (χ1) is 12.7. The molecule has 0 radical (unpaired) electrons. The number of nitrogens with one attached hydrogen (secondary N) is 1. The summed E-state index contributed by atoms with van der Waals surface area (Å²) in [5.41, 5.74) is 1.58. The normalized spacial score (nSPS) is 19.3. The first-order valence-corrected chi connectivity index (χ1v) is 10.4. The molecule has 2 N–H and O–H groups in total. The van der Waals surface area contributed by atoms with Gasteiger partial charge in [-0.1, -0.05) is 0 Å². The first kappa shape index (κ1) is 21.1. The summed E-state index contributed by atoms with van der Waals surface area (Å²) in [6.07, 6.45) is 5.01. The van der Waals surface area contributed by atoms with Gasteiger partial charge in [0, 0.05) is 17.0 Å². The van der Waals surface area contributed by atoms with Crippen LogP contribution in [0.15, 0.2) is 29.2 Å². The van der Waals surface area contributed by atoms with Gasteiger partial charge >= 0.3 is 0 Å². The monoisotopic (exact) mass is 408 g/mol. The van der Waals surface area contributed by atoms with E-state index in [9.17, 15) is 13.2 Å². The molecule has 27 heavy (non-hydrogen) atoms. The third-order valence-corrected chi connectivity index (χ3v) is 7.23. The van der Waals surface area contributed by atoms with Crippen LogP contribution >= 0.6 is 11.8 Å². The number of amides is 1. The van der Waals surface area contributed by atoms with E-state index in [2.05, 4.69) is 17.8 Å². The topological polar surface area (TPSA) is 95.9 Å². The highest BCUT2D eigenvalue weighted by atomic mass is 32.2. The molecular formula is C18H20N2O5S2. The molecule has 1 amide bonds. The summed E-state index contributed by atoms with van der Waals surface area (Å²) in [7, 11) is -3.95. The van der Waals surface area contributed by atoms with E-state index in [1.54, 1.807) is 19.3 Å². The van der Waals surface area contributed by atoms with Crippen molar-refractivity contribution in [3.05, 3.63) is 24.3 Å². The maximum absolute atomic E-state index is 13.1. The van der Waals surface area contributed by atoms with Crippen molar-refractivity contribution in [1.29, 1.82) is 0 Å². The number of carbonyl (C=O) groups excluding carboxylic acids is 1. The lowest BCUT2D eigenvalue weighted by atomic mass is 10.0. The SMILES string of the molecule is C#CC#CCOc1ccc(S(=O)(=O)N2CCSC(C)(C)C2C(=O)NO)cc1. The van der Waals surface area contributed by atoms with Crippen LogP contribution in [0, 0.1) is 24.2 Å². The highest BCUT2D eigenvalue weighted by molar-refractivity contribution is 8.00. The molecule has 1 aliphatic rings. The van der Waals surface area contributed by atoms with E-state index in [1.807, 2.05) is 0 Å². The molecule has 0 spiro atoms. The molecule has 2 rings (SSSR count). The number of thioether (sulfide) groups is 1. The Morgan fingerprint density at radius 2 is 2.11 bits per heavy atom. The number of sulfonamides is 1. The van der Waals surface area contributed by atoms with E-state index in [4.69, 9.17) is 16.4 Å². The quantitative estimate of drug-likeness (QED) is 0.430. The van der Waals surface area contributed by atoms with E-state index in [0.29, 0.717) is 11.5 Å². The second-order valence-electron chi connectivity index (χ2n) is 6.15. The van der Waals surface area contributed by atoms with E-state index in [-0.39, 0.29) is 18.0 Å².